The molecule has 0 aromatic carbocycles. The van der Waals surface area contributed by atoms with Crippen LogP contribution in [0.1, 0.15) is 26.7 Å². The van der Waals surface area contributed by atoms with Gasteiger partial charge in [0.05, 0.1) is 18.8 Å². The Hall–Kier alpha value is -0.160. The predicted octanol–water partition coefficient (Wildman–Crippen LogP) is 0.458. The van der Waals surface area contributed by atoms with Crippen LogP contribution in [-0.4, -0.2) is 61.5 Å². The molecule has 0 radical (unpaired) electrons. The van der Waals surface area contributed by atoms with Gasteiger partial charge in [0.15, 0.2) is 0 Å². The summed E-state index contributed by atoms with van der Waals surface area (Å²) in [5.74, 6) is 0. The highest BCUT2D eigenvalue weighted by atomic mass is 16.5. The summed E-state index contributed by atoms with van der Waals surface area (Å²) >= 11 is 0. The molecule has 1 aliphatic heterocycles. The summed E-state index contributed by atoms with van der Waals surface area (Å²) in [4.78, 5) is 2.37. The highest BCUT2D eigenvalue weighted by Crippen LogP contribution is 2.15. The summed E-state index contributed by atoms with van der Waals surface area (Å²) in [7, 11) is 0. The molecule has 1 aliphatic rings. The summed E-state index contributed by atoms with van der Waals surface area (Å²) in [6, 6.07) is 0.109. The van der Waals surface area contributed by atoms with E-state index in [1.54, 1.807) is 0 Å². The fraction of sp³-hybridized carbons (Fsp3) is 1.00. The van der Waals surface area contributed by atoms with Crippen LogP contribution in [0.2, 0.25) is 0 Å². The van der Waals surface area contributed by atoms with E-state index < -0.39 is 0 Å². The van der Waals surface area contributed by atoms with Gasteiger partial charge in [-0.25, -0.2) is 0 Å². The smallest absolute Gasteiger partial charge is 0.0751 e. The maximum atomic E-state index is 9.31. The van der Waals surface area contributed by atoms with E-state index in [1.165, 1.54) is 0 Å². The standard InChI is InChI=1S/C12H26N2O2/c1-3-14(4-2)8-7-13-11(10-15)12-6-5-9-16-12/h11-13,15H,3-10H2,1-2H3. The second-order valence-corrected chi connectivity index (χ2v) is 4.32. The number of aliphatic hydroxyl groups is 1. The van der Waals surface area contributed by atoms with Gasteiger partial charge in [0.2, 0.25) is 0 Å². The normalized spacial score (nSPS) is 22.9. The molecule has 1 rings (SSSR count). The summed E-state index contributed by atoms with van der Waals surface area (Å²) in [6.45, 7) is 9.49. The molecular weight excluding hydrogens is 204 g/mol. The molecule has 1 fully saturated rings. The molecule has 0 amide bonds. The van der Waals surface area contributed by atoms with Crippen LogP contribution in [0.3, 0.4) is 0 Å². The molecule has 2 unspecified atom stereocenters. The lowest BCUT2D eigenvalue weighted by atomic mass is 10.1. The van der Waals surface area contributed by atoms with E-state index in [0.717, 1.165) is 45.6 Å². The van der Waals surface area contributed by atoms with E-state index in [9.17, 15) is 5.11 Å². The maximum Gasteiger partial charge on any atom is 0.0751 e. The Balaban J connectivity index is 2.17. The van der Waals surface area contributed by atoms with Crippen molar-refractivity contribution in [3.63, 3.8) is 0 Å². The minimum atomic E-state index is 0.109. The Bertz CT molecular complexity index is 168. The first-order valence-electron chi connectivity index (χ1n) is 6.50. The molecule has 1 saturated heterocycles. The molecule has 0 aromatic rings. The van der Waals surface area contributed by atoms with Crippen molar-refractivity contribution in [3.05, 3.63) is 0 Å². The minimum Gasteiger partial charge on any atom is -0.395 e. The van der Waals surface area contributed by atoms with E-state index in [4.69, 9.17) is 4.74 Å². The summed E-state index contributed by atoms with van der Waals surface area (Å²) in [5, 5.41) is 12.7. The lowest BCUT2D eigenvalue weighted by Crippen LogP contribution is -2.45. The number of ether oxygens (including phenoxy) is 1. The van der Waals surface area contributed by atoms with Crippen LogP contribution in [0.25, 0.3) is 0 Å². The summed E-state index contributed by atoms with van der Waals surface area (Å²) in [5.41, 5.74) is 0. The Labute approximate surface area is 99.0 Å². The van der Waals surface area contributed by atoms with Crippen molar-refractivity contribution < 1.29 is 9.84 Å². The van der Waals surface area contributed by atoms with E-state index in [2.05, 4.69) is 24.1 Å². The molecule has 4 nitrogen and oxygen atoms in total. The van der Waals surface area contributed by atoms with Crippen molar-refractivity contribution in [2.24, 2.45) is 0 Å². The maximum absolute atomic E-state index is 9.31. The van der Waals surface area contributed by atoms with E-state index in [0.29, 0.717) is 0 Å². The molecule has 0 saturated carbocycles. The zero-order valence-corrected chi connectivity index (χ0v) is 10.6. The second kappa shape index (κ2) is 8.01. The van der Waals surface area contributed by atoms with E-state index in [-0.39, 0.29) is 18.8 Å². The number of aliphatic hydroxyl groups excluding tert-OH is 1. The first-order valence-corrected chi connectivity index (χ1v) is 6.50. The Morgan fingerprint density at radius 3 is 2.69 bits per heavy atom. The third-order valence-corrected chi connectivity index (χ3v) is 3.34. The van der Waals surface area contributed by atoms with Crippen molar-refractivity contribution >= 4 is 0 Å². The monoisotopic (exact) mass is 230 g/mol. The second-order valence-electron chi connectivity index (χ2n) is 4.32. The quantitative estimate of drug-likeness (QED) is 0.636. The highest BCUT2D eigenvalue weighted by Gasteiger charge is 2.24. The van der Waals surface area contributed by atoms with Crippen molar-refractivity contribution in [2.45, 2.75) is 38.8 Å². The zero-order valence-electron chi connectivity index (χ0n) is 10.6. The average Bonchev–Trinajstić information content (AvgIpc) is 2.83. The molecule has 2 atom stereocenters. The number of hydrogen-bond donors (Lipinski definition) is 2. The van der Waals surface area contributed by atoms with Crippen LogP contribution in [0.4, 0.5) is 0 Å². The number of nitrogens with one attached hydrogen (secondary N) is 1. The van der Waals surface area contributed by atoms with Crippen LogP contribution in [0, 0.1) is 0 Å². The SMILES string of the molecule is CCN(CC)CCNC(CO)C1CCCO1. The van der Waals surface area contributed by atoms with Crippen molar-refractivity contribution in [3.8, 4) is 0 Å². The lowest BCUT2D eigenvalue weighted by molar-refractivity contribution is 0.0548. The molecule has 16 heavy (non-hydrogen) atoms. The Kier molecular flexibility index (Phi) is 6.96. The molecule has 0 spiro atoms. The van der Waals surface area contributed by atoms with Gasteiger partial charge < -0.3 is 20.1 Å². The topological polar surface area (TPSA) is 44.7 Å². The highest BCUT2D eigenvalue weighted by molar-refractivity contribution is 4.80. The Morgan fingerprint density at radius 2 is 2.19 bits per heavy atom. The minimum absolute atomic E-state index is 0.109. The van der Waals surface area contributed by atoms with Gasteiger partial charge >= 0.3 is 0 Å². The fourth-order valence-electron chi connectivity index (χ4n) is 2.18. The average molecular weight is 230 g/mol. The number of hydrogen-bond acceptors (Lipinski definition) is 4. The van der Waals surface area contributed by atoms with E-state index >= 15 is 0 Å². The van der Waals surface area contributed by atoms with Crippen LogP contribution in [0.5, 0.6) is 0 Å². The van der Waals surface area contributed by atoms with Crippen molar-refractivity contribution in [1.29, 1.82) is 0 Å². The number of rotatable bonds is 8. The van der Waals surface area contributed by atoms with Crippen molar-refractivity contribution in [2.75, 3.05) is 39.4 Å². The van der Waals surface area contributed by atoms with Gasteiger partial charge in [0.1, 0.15) is 0 Å². The van der Waals surface area contributed by atoms with Crippen LogP contribution in [0.15, 0.2) is 0 Å². The first-order chi connectivity index (χ1) is 7.81. The fourth-order valence-corrected chi connectivity index (χ4v) is 2.18. The first kappa shape index (κ1) is 13.9. The number of nitrogens with zero attached hydrogens (tertiary/aromatic N) is 1. The zero-order chi connectivity index (χ0) is 11.8. The molecule has 4 heteroatoms. The van der Waals surface area contributed by atoms with Gasteiger partial charge in [-0.3, -0.25) is 0 Å². The van der Waals surface area contributed by atoms with Crippen LogP contribution < -0.4 is 5.32 Å². The third-order valence-electron chi connectivity index (χ3n) is 3.34. The Morgan fingerprint density at radius 1 is 1.44 bits per heavy atom. The predicted molar refractivity (Wildman–Crippen MR) is 65.6 cm³/mol. The van der Waals surface area contributed by atoms with Crippen LogP contribution in [-0.2, 0) is 4.74 Å². The molecule has 2 N–H and O–H groups in total. The molecular formula is C12H26N2O2. The largest absolute Gasteiger partial charge is 0.395 e. The van der Waals surface area contributed by atoms with Crippen molar-refractivity contribution in [1.82, 2.24) is 10.2 Å². The summed E-state index contributed by atoms with van der Waals surface area (Å²) in [6.07, 6.45) is 2.41. The van der Waals surface area contributed by atoms with Gasteiger partial charge in [0, 0.05) is 19.7 Å². The van der Waals surface area contributed by atoms with Gasteiger partial charge in [-0.2, -0.15) is 0 Å². The molecule has 1 heterocycles. The molecule has 0 aliphatic carbocycles. The van der Waals surface area contributed by atoms with E-state index in [1.807, 2.05) is 0 Å². The lowest BCUT2D eigenvalue weighted by Gasteiger charge is -2.24. The van der Waals surface area contributed by atoms with Gasteiger partial charge in [-0.15, -0.1) is 0 Å². The van der Waals surface area contributed by atoms with Crippen LogP contribution >= 0.6 is 0 Å². The third kappa shape index (κ3) is 4.37. The number of likely N-dealkylation sites (N-methyl/N-ethyl adjacent to an activating group) is 1. The molecule has 0 aromatic heterocycles. The summed E-state index contributed by atoms with van der Waals surface area (Å²) < 4.78 is 5.58. The molecule has 96 valence electrons. The molecule has 0 bridgehead atoms. The van der Waals surface area contributed by atoms with Gasteiger partial charge in [-0.1, -0.05) is 13.8 Å². The van der Waals surface area contributed by atoms with Gasteiger partial charge in [-0.05, 0) is 25.9 Å². The van der Waals surface area contributed by atoms with Gasteiger partial charge in [0.25, 0.3) is 0 Å².